The molecule has 0 saturated carbocycles. The van der Waals surface area contributed by atoms with Crippen molar-refractivity contribution in [3.05, 3.63) is 34.7 Å². The SMILES string of the molecule is CCCCC(C)(CO[Si](C)(C)C(C)(C)C)Nc1c(C(=O)OCC)c(Cl)nc2cc(F)ccc12. The molecule has 0 aliphatic rings. The Hall–Kier alpha value is -1.70. The standard InChI is InChI=1S/C25H38ClFN2O3Si/c1-9-11-14-25(6,16-32-33(7,8)24(3,4)5)29-21-18-13-12-17(27)15-19(18)28-22(26)20(21)23(30)31-10-2/h12-13,15H,9-11,14,16H2,1-8H3,(H,28,29). The molecule has 1 aromatic heterocycles. The van der Waals surface area contributed by atoms with Crippen LogP contribution in [0.15, 0.2) is 18.2 Å². The van der Waals surface area contributed by atoms with Gasteiger partial charge in [-0.25, -0.2) is 14.2 Å². The largest absolute Gasteiger partial charge is 0.462 e. The third-order valence-corrected chi connectivity index (χ3v) is 11.2. The van der Waals surface area contributed by atoms with E-state index < -0.39 is 25.6 Å². The highest BCUT2D eigenvalue weighted by molar-refractivity contribution is 6.74. The highest BCUT2D eigenvalue weighted by atomic mass is 35.5. The number of halogens is 2. The zero-order chi connectivity index (χ0) is 25.0. The summed E-state index contributed by atoms with van der Waals surface area (Å²) in [5.74, 6) is -0.984. The fourth-order valence-corrected chi connectivity index (χ4v) is 4.70. The highest BCUT2D eigenvalue weighted by Gasteiger charge is 2.39. The van der Waals surface area contributed by atoms with Crippen LogP contribution in [0.3, 0.4) is 0 Å². The molecule has 1 atom stereocenters. The van der Waals surface area contributed by atoms with Crippen LogP contribution in [0.4, 0.5) is 10.1 Å². The molecular weight excluding hydrogens is 459 g/mol. The third kappa shape index (κ3) is 6.67. The lowest BCUT2D eigenvalue weighted by Crippen LogP contribution is -2.48. The van der Waals surface area contributed by atoms with Crippen LogP contribution < -0.4 is 5.32 Å². The quantitative estimate of drug-likeness (QED) is 0.208. The number of hydrogen-bond acceptors (Lipinski definition) is 5. The molecule has 0 bridgehead atoms. The van der Waals surface area contributed by atoms with Gasteiger partial charge in [-0.3, -0.25) is 0 Å². The van der Waals surface area contributed by atoms with Crippen LogP contribution in [-0.4, -0.2) is 38.0 Å². The topological polar surface area (TPSA) is 60.5 Å². The van der Waals surface area contributed by atoms with Crippen molar-refractivity contribution in [2.24, 2.45) is 0 Å². The van der Waals surface area contributed by atoms with E-state index in [-0.39, 0.29) is 22.4 Å². The van der Waals surface area contributed by atoms with E-state index in [1.165, 1.54) is 12.1 Å². The molecule has 0 aliphatic heterocycles. The Kier molecular flexibility index (Phi) is 8.93. The van der Waals surface area contributed by atoms with Crippen molar-refractivity contribution in [1.29, 1.82) is 0 Å². The maximum atomic E-state index is 13.9. The fourth-order valence-electron chi connectivity index (χ4n) is 3.32. The normalized spacial score (nSPS) is 14.2. The van der Waals surface area contributed by atoms with Gasteiger partial charge < -0.3 is 14.5 Å². The molecule has 1 heterocycles. The molecular formula is C25H38ClFN2O3Si. The second-order valence-electron chi connectivity index (χ2n) is 10.4. The Balaban J connectivity index is 2.60. The summed E-state index contributed by atoms with van der Waals surface area (Å²) in [6.07, 6.45) is 2.82. The number of pyridine rings is 1. The van der Waals surface area contributed by atoms with Gasteiger partial charge in [-0.15, -0.1) is 0 Å². The first-order chi connectivity index (χ1) is 15.2. The zero-order valence-corrected chi connectivity index (χ0v) is 23.0. The van der Waals surface area contributed by atoms with Crippen LogP contribution in [0.25, 0.3) is 10.9 Å². The van der Waals surface area contributed by atoms with Crippen LogP contribution in [0.5, 0.6) is 0 Å². The monoisotopic (exact) mass is 496 g/mol. The van der Waals surface area contributed by atoms with E-state index >= 15 is 0 Å². The van der Waals surface area contributed by atoms with Gasteiger partial charge in [0.05, 0.1) is 30.0 Å². The summed E-state index contributed by atoms with van der Waals surface area (Å²) in [4.78, 5) is 17.1. The molecule has 184 valence electrons. The van der Waals surface area contributed by atoms with Crippen molar-refractivity contribution >= 4 is 42.5 Å². The first-order valence-corrected chi connectivity index (χ1v) is 14.9. The van der Waals surface area contributed by atoms with Crippen molar-refractivity contribution in [2.75, 3.05) is 18.5 Å². The summed E-state index contributed by atoms with van der Waals surface area (Å²) < 4.78 is 25.8. The van der Waals surface area contributed by atoms with E-state index in [1.807, 2.05) is 0 Å². The number of esters is 1. The smallest absolute Gasteiger partial charge is 0.343 e. The number of ether oxygens (including phenoxy) is 1. The van der Waals surface area contributed by atoms with E-state index in [1.54, 1.807) is 13.0 Å². The minimum Gasteiger partial charge on any atom is -0.462 e. The minimum atomic E-state index is -2.01. The molecule has 8 heteroatoms. The first-order valence-electron chi connectivity index (χ1n) is 11.6. The summed E-state index contributed by atoms with van der Waals surface area (Å²) in [5, 5.41) is 4.24. The lowest BCUT2D eigenvalue weighted by Gasteiger charge is -2.41. The number of nitrogens with one attached hydrogen (secondary N) is 1. The van der Waals surface area contributed by atoms with Gasteiger partial charge in [-0.1, -0.05) is 52.1 Å². The first kappa shape index (κ1) is 27.5. The number of rotatable bonds is 10. The molecule has 2 rings (SSSR count). The molecule has 2 aromatic rings. The van der Waals surface area contributed by atoms with Gasteiger partial charge in [0.2, 0.25) is 0 Å². The molecule has 1 unspecified atom stereocenters. The van der Waals surface area contributed by atoms with Crippen LogP contribution in [0, 0.1) is 5.82 Å². The van der Waals surface area contributed by atoms with Crippen molar-refractivity contribution in [3.63, 3.8) is 0 Å². The van der Waals surface area contributed by atoms with E-state index in [0.29, 0.717) is 23.2 Å². The highest BCUT2D eigenvalue weighted by Crippen LogP contribution is 2.39. The van der Waals surface area contributed by atoms with Gasteiger partial charge in [0, 0.05) is 11.5 Å². The van der Waals surface area contributed by atoms with Gasteiger partial charge in [0.25, 0.3) is 0 Å². The van der Waals surface area contributed by atoms with Crippen LogP contribution in [0.1, 0.15) is 71.2 Å². The fraction of sp³-hybridized carbons (Fsp3) is 0.600. The van der Waals surface area contributed by atoms with E-state index in [9.17, 15) is 9.18 Å². The van der Waals surface area contributed by atoms with Crippen molar-refractivity contribution in [3.8, 4) is 0 Å². The van der Waals surface area contributed by atoms with E-state index in [0.717, 1.165) is 19.3 Å². The number of hydrogen-bond donors (Lipinski definition) is 1. The molecule has 0 aliphatic carbocycles. The third-order valence-electron chi connectivity index (χ3n) is 6.45. The number of fused-ring (bicyclic) bond motifs is 1. The second-order valence-corrected chi connectivity index (χ2v) is 15.5. The zero-order valence-electron chi connectivity index (χ0n) is 21.2. The van der Waals surface area contributed by atoms with Gasteiger partial charge in [0.15, 0.2) is 8.32 Å². The van der Waals surface area contributed by atoms with Crippen LogP contribution in [-0.2, 0) is 9.16 Å². The molecule has 0 fully saturated rings. The van der Waals surface area contributed by atoms with Crippen molar-refractivity contribution < 1.29 is 18.3 Å². The molecule has 5 nitrogen and oxygen atoms in total. The molecule has 0 saturated heterocycles. The Morgan fingerprint density at radius 3 is 2.45 bits per heavy atom. The lowest BCUT2D eigenvalue weighted by atomic mass is 9.94. The van der Waals surface area contributed by atoms with E-state index in [4.69, 9.17) is 20.8 Å². The van der Waals surface area contributed by atoms with Gasteiger partial charge in [-0.2, -0.15) is 0 Å². The predicted molar refractivity (Wildman–Crippen MR) is 137 cm³/mol. The molecule has 0 spiro atoms. The predicted octanol–water partition coefficient (Wildman–Crippen LogP) is 7.59. The van der Waals surface area contributed by atoms with Gasteiger partial charge in [0.1, 0.15) is 16.5 Å². The second kappa shape index (κ2) is 10.7. The Bertz CT molecular complexity index is 994. The summed E-state index contributed by atoms with van der Waals surface area (Å²) in [5.41, 5.74) is 0.547. The molecule has 0 amide bonds. The Morgan fingerprint density at radius 1 is 1.21 bits per heavy atom. The average Bonchev–Trinajstić information content (AvgIpc) is 2.70. The van der Waals surface area contributed by atoms with Crippen molar-refractivity contribution in [2.45, 2.75) is 84.5 Å². The molecule has 0 radical (unpaired) electrons. The lowest BCUT2D eigenvalue weighted by molar-refractivity contribution is 0.0527. The van der Waals surface area contributed by atoms with Gasteiger partial charge in [-0.05, 0) is 50.5 Å². The summed E-state index contributed by atoms with van der Waals surface area (Å²) in [6, 6.07) is 4.29. The summed E-state index contributed by atoms with van der Waals surface area (Å²) >= 11 is 6.44. The van der Waals surface area contributed by atoms with Gasteiger partial charge >= 0.3 is 5.97 Å². The summed E-state index contributed by atoms with van der Waals surface area (Å²) in [6.45, 7) is 17.7. The van der Waals surface area contributed by atoms with Crippen molar-refractivity contribution in [1.82, 2.24) is 4.98 Å². The Morgan fingerprint density at radius 2 is 1.88 bits per heavy atom. The number of benzene rings is 1. The average molecular weight is 497 g/mol. The van der Waals surface area contributed by atoms with Crippen LogP contribution >= 0.6 is 11.6 Å². The number of carbonyl (C=O) groups excluding carboxylic acids is 1. The number of unbranched alkanes of at least 4 members (excludes halogenated alkanes) is 1. The summed E-state index contributed by atoms with van der Waals surface area (Å²) in [7, 11) is -2.01. The molecule has 1 aromatic carbocycles. The maximum absolute atomic E-state index is 13.9. The number of anilines is 1. The number of aromatic nitrogens is 1. The number of nitrogens with zero attached hydrogens (tertiary/aromatic N) is 1. The molecule has 33 heavy (non-hydrogen) atoms. The maximum Gasteiger partial charge on any atom is 0.343 e. The minimum absolute atomic E-state index is 0.0165. The molecule has 1 N–H and O–H groups in total. The number of carbonyl (C=O) groups is 1. The Labute approximate surface area is 203 Å². The van der Waals surface area contributed by atoms with Crippen LogP contribution in [0.2, 0.25) is 23.3 Å². The van der Waals surface area contributed by atoms with E-state index in [2.05, 4.69) is 58.0 Å².